The molecule has 2 heteroatoms. The average Bonchev–Trinajstić information content (AvgIpc) is 2.82. The molecule has 0 spiro atoms. The van der Waals surface area contributed by atoms with Crippen LogP contribution in [0.15, 0.2) is 64.1 Å². The molecule has 0 N–H and O–H groups in total. The normalized spacial score (nSPS) is 20.0. The van der Waals surface area contributed by atoms with Gasteiger partial charge in [0, 0.05) is 17.8 Å². The summed E-state index contributed by atoms with van der Waals surface area (Å²) in [5.74, 6) is 2.35. The smallest absolute Gasteiger partial charge is 0.0694 e. The van der Waals surface area contributed by atoms with Gasteiger partial charge in [-0.1, -0.05) is 90.0 Å². The second kappa shape index (κ2) is 15.6. The van der Waals surface area contributed by atoms with E-state index in [4.69, 9.17) is 4.99 Å². The van der Waals surface area contributed by atoms with Crippen molar-refractivity contribution in [3.8, 4) is 0 Å². The summed E-state index contributed by atoms with van der Waals surface area (Å²) < 4.78 is 0. The number of benzene rings is 1. The third-order valence-electron chi connectivity index (χ3n) is 6.31. The van der Waals surface area contributed by atoms with Crippen molar-refractivity contribution < 1.29 is 0 Å². The highest BCUT2D eigenvalue weighted by molar-refractivity contribution is 5.97. The molecule has 1 aliphatic rings. The van der Waals surface area contributed by atoms with Crippen LogP contribution < -0.4 is 0 Å². The van der Waals surface area contributed by atoms with Crippen LogP contribution in [0.25, 0.3) is 5.70 Å². The molecule has 0 radical (unpaired) electrons. The van der Waals surface area contributed by atoms with Crippen LogP contribution in [0.4, 0.5) is 0 Å². The van der Waals surface area contributed by atoms with E-state index < -0.39 is 0 Å². The largest absolute Gasteiger partial charge is 0.297 e. The van der Waals surface area contributed by atoms with Crippen LogP contribution in [0, 0.1) is 11.8 Å². The molecule has 2 nitrogen and oxygen atoms in total. The molecule has 2 atom stereocenters. The fraction of sp³-hybridized carbons (Fsp3) is 0.533. The third kappa shape index (κ3) is 9.51. The molecule has 0 saturated heterocycles. The van der Waals surface area contributed by atoms with Crippen molar-refractivity contribution in [3.05, 3.63) is 65.3 Å². The Kier molecular flexibility index (Phi) is 13.5. The molecule has 0 fully saturated rings. The molecular formula is C30H46N2. The maximum absolute atomic E-state index is 4.84. The number of nitrogens with zero attached hydrogens (tertiary/aromatic N) is 2. The first-order valence-electron chi connectivity index (χ1n) is 12.5. The lowest BCUT2D eigenvalue weighted by Crippen LogP contribution is -2.20. The standard InChI is InChI=1S/C21H29N.C9H17N/c1-7-9-10-11-18(6)22-21(17(5)8-2)20-14-12-19(13-15-20)16(3)4;1-3-8-5-6-10-7-9(8)4-2/h7,9-16H,8H2,1-6H3;6,8-9H,3-5,7H2,1-2H3/b9-7-,11-10-,21-17+,22-18+;. The molecule has 1 aromatic rings. The van der Waals surface area contributed by atoms with Crippen molar-refractivity contribution in [2.24, 2.45) is 21.8 Å². The summed E-state index contributed by atoms with van der Waals surface area (Å²) in [5.41, 5.74) is 6.00. The maximum atomic E-state index is 4.84. The number of rotatable bonds is 8. The maximum Gasteiger partial charge on any atom is 0.0694 e. The highest BCUT2D eigenvalue weighted by Crippen LogP contribution is 2.26. The van der Waals surface area contributed by atoms with Gasteiger partial charge in [-0.05, 0) is 74.8 Å². The van der Waals surface area contributed by atoms with Crippen molar-refractivity contribution in [1.82, 2.24) is 0 Å². The molecular weight excluding hydrogens is 388 g/mol. The minimum Gasteiger partial charge on any atom is -0.297 e. The van der Waals surface area contributed by atoms with Gasteiger partial charge < -0.3 is 0 Å². The first-order valence-corrected chi connectivity index (χ1v) is 12.5. The quantitative estimate of drug-likeness (QED) is 0.288. The van der Waals surface area contributed by atoms with E-state index in [9.17, 15) is 0 Å². The Hall–Kier alpha value is -2.22. The Morgan fingerprint density at radius 3 is 2.19 bits per heavy atom. The molecule has 1 heterocycles. The summed E-state index contributed by atoms with van der Waals surface area (Å²) in [6, 6.07) is 8.80. The van der Waals surface area contributed by atoms with Gasteiger partial charge in [-0.2, -0.15) is 0 Å². The lowest BCUT2D eigenvalue weighted by atomic mass is 9.84. The Bertz CT molecular complexity index is 790. The van der Waals surface area contributed by atoms with Gasteiger partial charge in [0.1, 0.15) is 0 Å². The lowest BCUT2D eigenvalue weighted by molar-refractivity contribution is 0.320. The number of hydrogen-bond donors (Lipinski definition) is 0. The zero-order valence-electron chi connectivity index (χ0n) is 21.9. The predicted octanol–water partition coefficient (Wildman–Crippen LogP) is 9.06. The zero-order chi connectivity index (χ0) is 23.9. The first-order chi connectivity index (χ1) is 15.4. The van der Waals surface area contributed by atoms with Gasteiger partial charge in [0.2, 0.25) is 0 Å². The van der Waals surface area contributed by atoms with E-state index in [1.54, 1.807) is 0 Å². The van der Waals surface area contributed by atoms with Crippen LogP contribution in [-0.4, -0.2) is 18.5 Å². The third-order valence-corrected chi connectivity index (χ3v) is 6.31. The highest BCUT2D eigenvalue weighted by Gasteiger charge is 2.19. The predicted molar refractivity (Wildman–Crippen MR) is 146 cm³/mol. The van der Waals surface area contributed by atoms with Gasteiger partial charge in [-0.15, -0.1) is 0 Å². The first kappa shape index (κ1) is 27.8. The van der Waals surface area contributed by atoms with Crippen molar-refractivity contribution >= 4 is 17.6 Å². The van der Waals surface area contributed by atoms with E-state index in [2.05, 4.69) is 77.0 Å². The van der Waals surface area contributed by atoms with Gasteiger partial charge >= 0.3 is 0 Å². The SMILES string of the molecule is CCC1CC=NCC1CC.C\C=C/C=C\C(C)=N\C(=C(/C)CC)c1ccc(C(C)C)cc1. The molecule has 2 unspecified atom stereocenters. The molecule has 0 amide bonds. The average molecular weight is 435 g/mol. The molecule has 0 saturated carbocycles. The molecule has 1 aromatic carbocycles. The number of allylic oxidation sites excluding steroid dienone is 5. The van der Waals surface area contributed by atoms with E-state index in [-0.39, 0.29) is 0 Å². The van der Waals surface area contributed by atoms with Crippen molar-refractivity contribution in [2.45, 2.75) is 87.0 Å². The van der Waals surface area contributed by atoms with E-state index >= 15 is 0 Å². The van der Waals surface area contributed by atoms with E-state index in [0.29, 0.717) is 5.92 Å². The van der Waals surface area contributed by atoms with Crippen LogP contribution in [0.2, 0.25) is 0 Å². The van der Waals surface area contributed by atoms with Gasteiger partial charge in [-0.25, -0.2) is 0 Å². The molecule has 2 rings (SSSR count). The van der Waals surface area contributed by atoms with Gasteiger partial charge in [-0.3, -0.25) is 9.98 Å². The van der Waals surface area contributed by atoms with Crippen molar-refractivity contribution in [3.63, 3.8) is 0 Å². The van der Waals surface area contributed by atoms with Crippen LogP contribution >= 0.6 is 0 Å². The highest BCUT2D eigenvalue weighted by atomic mass is 14.8. The number of hydrogen-bond acceptors (Lipinski definition) is 2. The zero-order valence-corrected chi connectivity index (χ0v) is 21.9. The minimum atomic E-state index is 0.558. The molecule has 176 valence electrons. The Morgan fingerprint density at radius 1 is 1.03 bits per heavy atom. The van der Waals surface area contributed by atoms with Gasteiger partial charge in [0.15, 0.2) is 0 Å². The minimum absolute atomic E-state index is 0.558. The monoisotopic (exact) mass is 434 g/mol. The lowest BCUT2D eigenvalue weighted by Gasteiger charge is -2.25. The molecule has 0 bridgehead atoms. The molecule has 0 aromatic heterocycles. The topological polar surface area (TPSA) is 24.7 Å². The van der Waals surface area contributed by atoms with Crippen LogP contribution in [0.1, 0.15) is 98.1 Å². The number of aliphatic imine (C=N–C) groups is 2. The van der Waals surface area contributed by atoms with Crippen LogP contribution in [0.3, 0.4) is 0 Å². The van der Waals surface area contributed by atoms with E-state index in [1.165, 1.54) is 36.0 Å². The second-order valence-corrected chi connectivity index (χ2v) is 9.02. The van der Waals surface area contributed by atoms with Crippen molar-refractivity contribution in [1.29, 1.82) is 0 Å². The van der Waals surface area contributed by atoms with Gasteiger partial charge in [0.25, 0.3) is 0 Å². The van der Waals surface area contributed by atoms with Crippen molar-refractivity contribution in [2.75, 3.05) is 6.54 Å². The summed E-state index contributed by atoms with van der Waals surface area (Å²) in [6.07, 6.45) is 15.1. The summed E-state index contributed by atoms with van der Waals surface area (Å²) in [5, 5.41) is 0. The van der Waals surface area contributed by atoms with E-state index in [1.807, 2.05) is 38.2 Å². The molecule has 32 heavy (non-hydrogen) atoms. The summed E-state index contributed by atoms with van der Waals surface area (Å²) in [4.78, 5) is 9.14. The van der Waals surface area contributed by atoms with Gasteiger partial charge in [0.05, 0.1) is 5.70 Å². The Balaban J connectivity index is 0.000000425. The fourth-order valence-electron chi connectivity index (χ4n) is 3.84. The van der Waals surface area contributed by atoms with E-state index in [0.717, 1.165) is 36.2 Å². The summed E-state index contributed by atoms with van der Waals surface area (Å²) in [7, 11) is 0. The Morgan fingerprint density at radius 2 is 1.69 bits per heavy atom. The van der Waals surface area contributed by atoms with Crippen LogP contribution in [-0.2, 0) is 0 Å². The fourth-order valence-corrected chi connectivity index (χ4v) is 3.84. The summed E-state index contributed by atoms with van der Waals surface area (Å²) in [6.45, 7) is 18.5. The second-order valence-electron chi connectivity index (χ2n) is 9.02. The molecule has 0 aliphatic carbocycles. The Labute approximate surface area is 198 Å². The van der Waals surface area contributed by atoms with Crippen LogP contribution in [0.5, 0.6) is 0 Å². The summed E-state index contributed by atoms with van der Waals surface area (Å²) >= 11 is 0. The molecule has 1 aliphatic heterocycles.